The van der Waals surface area contributed by atoms with Crippen LogP contribution < -0.4 is 10.9 Å². The molecule has 3 rings (SSSR count). The van der Waals surface area contributed by atoms with Crippen LogP contribution in [-0.4, -0.2) is 9.97 Å². The first-order valence-corrected chi connectivity index (χ1v) is 6.27. The SMILES string of the molecule is c1cc(NNc2ccncc2)ccn1.c1ccccc1. The van der Waals surface area contributed by atoms with Crippen molar-refractivity contribution in [3.63, 3.8) is 0 Å². The zero-order chi connectivity index (χ0) is 13.9. The molecule has 3 aromatic rings. The van der Waals surface area contributed by atoms with Crippen molar-refractivity contribution >= 4 is 11.4 Å². The number of hydrogen-bond donors (Lipinski definition) is 2. The molecular formula is C16H16N4. The summed E-state index contributed by atoms with van der Waals surface area (Å²) in [6.07, 6.45) is 6.93. The van der Waals surface area contributed by atoms with Crippen molar-refractivity contribution in [2.75, 3.05) is 10.9 Å². The fourth-order valence-electron chi connectivity index (χ4n) is 1.40. The van der Waals surface area contributed by atoms with E-state index in [4.69, 9.17) is 0 Å². The summed E-state index contributed by atoms with van der Waals surface area (Å²) in [5.74, 6) is 0. The van der Waals surface area contributed by atoms with Gasteiger partial charge in [-0.1, -0.05) is 36.4 Å². The van der Waals surface area contributed by atoms with Gasteiger partial charge in [0.1, 0.15) is 0 Å². The number of hydrogen-bond acceptors (Lipinski definition) is 4. The van der Waals surface area contributed by atoms with Gasteiger partial charge < -0.3 is 10.9 Å². The van der Waals surface area contributed by atoms with Crippen molar-refractivity contribution in [2.24, 2.45) is 0 Å². The van der Waals surface area contributed by atoms with Gasteiger partial charge in [0.15, 0.2) is 0 Å². The van der Waals surface area contributed by atoms with E-state index in [9.17, 15) is 0 Å². The van der Waals surface area contributed by atoms with Crippen molar-refractivity contribution in [1.29, 1.82) is 0 Å². The third-order valence-corrected chi connectivity index (χ3v) is 2.38. The Kier molecular flexibility index (Phi) is 5.60. The molecule has 0 aliphatic heterocycles. The summed E-state index contributed by atoms with van der Waals surface area (Å²) in [6.45, 7) is 0. The average Bonchev–Trinajstić information content (AvgIpc) is 2.57. The molecule has 0 aliphatic carbocycles. The number of benzene rings is 1. The lowest BCUT2D eigenvalue weighted by Crippen LogP contribution is -2.08. The molecule has 4 nitrogen and oxygen atoms in total. The highest BCUT2D eigenvalue weighted by Gasteiger charge is 1.89. The van der Waals surface area contributed by atoms with Crippen LogP contribution in [0.15, 0.2) is 85.5 Å². The van der Waals surface area contributed by atoms with E-state index in [1.165, 1.54) is 0 Å². The van der Waals surface area contributed by atoms with Crippen LogP contribution in [0.4, 0.5) is 11.4 Å². The molecule has 1 aromatic carbocycles. The van der Waals surface area contributed by atoms with Crippen LogP contribution in [0.25, 0.3) is 0 Å². The van der Waals surface area contributed by atoms with Crippen molar-refractivity contribution < 1.29 is 0 Å². The molecule has 0 saturated heterocycles. The lowest BCUT2D eigenvalue weighted by Gasteiger charge is -2.08. The maximum atomic E-state index is 3.92. The van der Waals surface area contributed by atoms with Crippen molar-refractivity contribution in [2.45, 2.75) is 0 Å². The monoisotopic (exact) mass is 264 g/mol. The van der Waals surface area contributed by atoms with Crippen LogP contribution in [0.3, 0.4) is 0 Å². The third-order valence-electron chi connectivity index (χ3n) is 2.38. The van der Waals surface area contributed by atoms with E-state index in [-0.39, 0.29) is 0 Å². The molecule has 20 heavy (non-hydrogen) atoms. The fraction of sp³-hybridized carbons (Fsp3) is 0. The van der Waals surface area contributed by atoms with E-state index in [0.29, 0.717) is 0 Å². The highest BCUT2D eigenvalue weighted by atomic mass is 15.4. The summed E-state index contributed by atoms with van der Waals surface area (Å²) >= 11 is 0. The molecular weight excluding hydrogens is 248 g/mol. The van der Waals surface area contributed by atoms with Gasteiger partial charge in [-0.2, -0.15) is 0 Å². The summed E-state index contributed by atoms with van der Waals surface area (Å²) in [6, 6.07) is 19.5. The van der Waals surface area contributed by atoms with Crippen LogP contribution >= 0.6 is 0 Å². The highest BCUT2D eigenvalue weighted by Crippen LogP contribution is 2.06. The molecule has 0 saturated carbocycles. The zero-order valence-corrected chi connectivity index (χ0v) is 11.0. The minimum absolute atomic E-state index is 0.969. The van der Waals surface area contributed by atoms with E-state index in [1.54, 1.807) is 24.8 Å². The molecule has 0 amide bonds. The Balaban J connectivity index is 0.000000205. The number of pyridine rings is 2. The third kappa shape index (κ3) is 5.18. The molecule has 0 aliphatic rings. The van der Waals surface area contributed by atoms with E-state index < -0.39 is 0 Å². The minimum Gasteiger partial charge on any atom is -0.301 e. The maximum Gasteiger partial charge on any atom is 0.0570 e. The molecule has 0 fully saturated rings. The lowest BCUT2D eigenvalue weighted by atomic mass is 10.4. The molecule has 4 heteroatoms. The Hall–Kier alpha value is -2.88. The Morgan fingerprint density at radius 2 is 0.800 bits per heavy atom. The topological polar surface area (TPSA) is 49.8 Å². The highest BCUT2D eigenvalue weighted by molar-refractivity contribution is 5.50. The number of aromatic nitrogens is 2. The van der Waals surface area contributed by atoms with E-state index >= 15 is 0 Å². The Morgan fingerprint density at radius 1 is 0.500 bits per heavy atom. The van der Waals surface area contributed by atoms with Crippen LogP contribution in [0.1, 0.15) is 0 Å². The number of nitrogens with zero attached hydrogens (tertiary/aromatic N) is 2. The normalized spacial score (nSPS) is 9.00. The van der Waals surface area contributed by atoms with Crippen molar-refractivity contribution in [3.8, 4) is 0 Å². The molecule has 0 atom stereocenters. The maximum absolute atomic E-state index is 3.92. The van der Waals surface area contributed by atoms with Crippen LogP contribution in [0.2, 0.25) is 0 Å². The summed E-state index contributed by atoms with van der Waals surface area (Å²) in [5, 5.41) is 0. The smallest absolute Gasteiger partial charge is 0.0570 e. The molecule has 0 unspecified atom stereocenters. The Labute approximate surface area is 118 Å². The van der Waals surface area contributed by atoms with Gasteiger partial charge in [0.2, 0.25) is 0 Å². The molecule has 2 N–H and O–H groups in total. The first kappa shape index (κ1) is 13.5. The van der Waals surface area contributed by atoms with Crippen LogP contribution in [0, 0.1) is 0 Å². The molecule has 100 valence electrons. The molecule has 2 heterocycles. The second-order valence-electron chi connectivity index (χ2n) is 3.88. The van der Waals surface area contributed by atoms with Gasteiger partial charge >= 0.3 is 0 Å². The van der Waals surface area contributed by atoms with Crippen LogP contribution in [-0.2, 0) is 0 Å². The molecule has 0 bridgehead atoms. The summed E-state index contributed by atoms with van der Waals surface area (Å²) in [5.41, 5.74) is 8.02. The van der Waals surface area contributed by atoms with Crippen molar-refractivity contribution in [1.82, 2.24) is 9.97 Å². The minimum atomic E-state index is 0.969. The van der Waals surface area contributed by atoms with Gasteiger partial charge in [-0.3, -0.25) is 9.97 Å². The Bertz CT molecular complexity index is 504. The summed E-state index contributed by atoms with van der Waals surface area (Å²) < 4.78 is 0. The molecule has 2 aromatic heterocycles. The second-order valence-corrected chi connectivity index (χ2v) is 3.88. The van der Waals surface area contributed by atoms with Crippen LogP contribution in [0.5, 0.6) is 0 Å². The average molecular weight is 264 g/mol. The van der Waals surface area contributed by atoms with E-state index in [0.717, 1.165) is 11.4 Å². The van der Waals surface area contributed by atoms with Gasteiger partial charge in [0.05, 0.1) is 11.4 Å². The summed E-state index contributed by atoms with van der Waals surface area (Å²) in [4.78, 5) is 7.85. The predicted molar refractivity (Wildman–Crippen MR) is 82.2 cm³/mol. The predicted octanol–water partition coefficient (Wildman–Crippen LogP) is 3.60. The lowest BCUT2D eigenvalue weighted by molar-refractivity contribution is 1.29. The first-order chi connectivity index (χ1) is 9.95. The van der Waals surface area contributed by atoms with Gasteiger partial charge in [-0.05, 0) is 24.3 Å². The number of anilines is 2. The number of nitrogens with one attached hydrogen (secondary N) is 2. The van der Waals surface area contributed by atoms with Gasteiger partial charge in [-0.15, -0.1) is 0 Å². The largest absolute Gasteiger partial charge is 0.301 e. The van der Waals surface area contributed by atoms with Gasteiger partial charge in [-0.25, -0.2) is 0 Å². The Morgan fingerprint density at radius 3 is 1.10 bits per heavy atom. The van der Waals surface area contributed by atoms with Gasteiger partial charge in [0.25, 0.3) is 0 Å². The summed E-state index contributed by atoms with van der Waals surface area (Å²) in [7, 11) is 0. The van der Waals surface area contributed by atoms with Gasteiger partial charge in [0, 0.05) is 24.8 Å². The fourth-order valence-corrected chi connectivity index (χ4v) is 1.40. The quantitative estimate of drug-likeness (QED) is 0.710. The first-order valence-electron chi connectivity index (χ1n) is 6.27. The number of rotatable bonds is 3. The van der Waals surface area contributed by atoms with E-state index in [1.807, 2.05) is 60.7 Å². The number of hydrazine groups is 1. The standard InChI is InChI=1S/C10H10N4.C6H6/c1-5-11-6-2-9(1)13-14-10-3-7-12-8-4-10;1-2-4-6-5-3-1/h1-8H,(H,11,13)(H,12,14);1-6H. The zero-order valence-electron chi connectivity index (χ0n) is 11.0. The van der Waals surface area contributed by atoms with Crippen molar-refractivity contribution in [3.05, 3.63) is 85.5 Å². The second kappa shape index (κ2) is 8.26. The molecule has 0 spiro atoms. The van der Waals surface area contributed by atoms with E-state index in [2.05, 4.69) is 20.8 Å². The molecule has 0 radical (unpaired) electrons.